The highest BCUT2D eigenvalue weighted by atomic mass is 15.0. The van der Waals surface area contributed by atoms with Gasteiger partial charge in [0.05, 0.1) is 0 Å². The molecule has 0 amide bonds. The van der Waals surface area contributed by atoms with Gasteiger partial charge < -0.3 is 16.4 Å². The van der Waals surface area contributed by atoms with Gasteiger partial charge in [-0.25, -0.2) is 0 Å². The Morgan fingerprint density at radius 3 is 1.71 bits per heavy atom. The van der Waals surface area contributed by atoms with Crippen molar-refractivity contribution in [2.24, 2.45) is 5.73 Å². The van der Waals surface area contributed by atoms with Gasteiger partial charge in [-0.15, -0.1) is 13.2 Å². The molecular formula is C11H23N3. The van der Waals surface area contributed by atoms with Gasteiger partial charge in [-0.3, -0.25) is 0 Å². The Kier molecular flexibility index (Phi) is 7.38. The maximum absolute atomic E-state index is 6.05. The summed E-state index contributed by atoms with van der Waals surface area (Å²) in [5.41, 5.74) is 6.05. The monoisotopic (exact) mass is 197 g/mol. The molecule has 82 valence electrons. The summed E-state index contributed by atoms with van der Waals surface area (Å²) in [7, 11) is 0. The van der Waals surface area contributed by atoms with E-state index in [-0.39, 0.29) is 18.1 Å². The van der Waals surface area contributed by atoms with Crippen molar-refractivity contribution in [1.29, 1.82) is 0 Å². The van der Waals surface area contributed by atoms with Crippen molar-refractivity contribution in [1.82, 2.24) is 10.6 Å². The summed E-state index contributed by atoms with van der Waals surface area (Å²) >= 11 is 0. The van der Waals surface area contributed by atoms with Crippen LogP contribution in [0.25, 0.3) is 0 Å². The smallest absolute Gasteiger partial charge is 0.0345 e. The number of hydrogen-bond acceptors (Lipinski definition) is 3. The van der Waals surface area contributed by atoms with Gasteiger partial charge in [-0.05, 0) is 13.8 Å². The summed E-state index contributed by atoms with van der Waals surface area (Å²) in [6, 6.07) is 0.649. The van der Waals surface area contributed by atoms with Crippen LogP contribution in [0, 0.1) is 0 Å². The minimum Gasteiger partial charge on any atom is -0.325 e. The van der Waals surface area contributed by atoms with E-state index in [0.717, 1.165) is 13.1 Å². The van der Waals surface area contributed by atoms with Crippen LogP contribution in [-0.2, 0) is 0 Å². The van der Waals surface area contributed by atoms with E-state index in [1.54, 1.807) is 0 Å². The highest BCUT2D eigenvalue weighted by Gasteiger charge is 2.17. The molecule has 0 saturated heterocycles. The summed E-state index contributed by atoms with van der Waals surface area (Å²) in [5.74, 6) is 0. The predicted octanol–water partition coefficient (Wildman–Crippen LogP) is 0.642. The quantitative estimate of drug-likeness (QED) is 0.501. The third-order valence-electron chi connectivity index (χ3n) is 2.32. The molecule has 2 atom stereocenters. The number of nitrogens with one attached hydrogen (secondary N) is 2. The third kappa shape index (κ3) is 5.17. The van der Waals surface area contributed by atoms with Crippen LogP contribution in [0.15, 0.2) is 25.3 Å². The van der Waals surface area contributed by atoms with Gasteiger partial charge in [-0.2, -0.15) is 0 Å². The Bertz CT molecular complexity index is 150. The molecular weight excluding hydrogens is 174 g/mol. The molecule has 0 rings (SSSR count). The van der Waals surface area contributed by atoms with E-state index in [1.807, 2.05) is 12.2 Å². The van der Waals surface area contributed by atoms with Gasteiger partial charge in [0.25, 0.3) is 0 Å². The van der Waals surface area contributed by atoms with E-state index in [2.05, 4.69) is 37.6 Å². The van der Waals surface area contributed by atoms with Crippen LogP contribution in [0.5, 0.6) is 0 Å². The normalized spacial score (nSPS) is 17.1. The van der Waals surface area contributed by atoms with Crippen molar-refractivity contribution < 1.29 is 0 Å². The largest absolute Gasteiger partial charge is 0.325 e. The first-order chi connectivity index (χ1) is 6.63. The first kappa shape index (κ1) is 13.4. The minimum absolute atomic E-state index is 0.0925. The Balaban J connectivity index is 3.82. The average molecular weight is 197 g/mol. The van der Waals surface area contributed by atoms with Gasteiger partial charge in [0, 0.05) is 31.2 Å². The van der Waals surface area contributed by atoms with Crippen molar-refractivity contribution in [3.8, 4) is 0 Å². The van der Waals surface area contributed by atoms with E-state index < -0.39 is 0 Å². The predicted molar refractivity (Wildman–Crippen MR) is 63.3 cm³/mol. The first-order valence-corrected chi connectivity index (χ1v) is 5.07. The second-order valence-electron chi connectivity index (χ2n) is 3.55. The number of rotatable bonds is 8. The van der Waals surface area contributed by atoms with Crippen molar-refractivity contribution in [3.63, 3.8) is 0 Å². The lowest BCUT2D eigenvalue weighted by atomic mass is 10.0. The Morgan fingerprint density at radius 1 is 1.07 bits per heavy atom. The lowest BCUT2D eigenvalue weighted by molar-refractivity contribution is 0.386. The third-order valence-corrected chi connectivity index (χ3v) is 2.32. The molecule has 0 aromatic heterocycles. The molecule has 0 fully saturated rings. The maximum Gasteiger partial charge on any atom is 0.0345 e. The second kappa shape index (κ2) is 7.74. The van der Waals surface area contributed by atoms with Crippen LogP contribution >= 0.6 is 0 Å². The summed E-state index contributed by atoms with van der Waals surface area (Å²) < 4.78 is 0. The van der Waals surface area contributed by atoms with Gasteiger partial charge in [0.15, 0.2) is 0 Å². The molecule has 3 heteroatoms. The van der Waals surface area contributed by atoms with E-state index in [9.17, 15) is 0 Å². The van der Waals surface area contributed by atoms with E-state index >= 15 is 0 Å². The molecule has 0 saturated carbocycles. The Hall–Kier alpha value is -0.640. The Morgan fingerprint density at radius 2 is 1.43 bits per heavy atom. The van der Waals surface area contributed by atoms with Crippen molar-refractivity contribution in [3.05, 3.63) is 25.3 Å². The molecule has 0 aliphatic heterocycles. The lowest BCUT2D eigenvalue weighted by Gasteiger charge is -2.27. The zero-order chi connectivity index (χ0) is 11.0. The molecule has 14 heavy (non-hydrogen) atoms. The van der Waals surface area contributed by atoms with Crippen molar-refractivity contribution in [2.75, 3.05) is 13.1 Å². The Labute approximate surface area is 87.4 Å². The molecule has 0 aromatic carbocycles. The van der Waals surface area contributed by atoms with Crippen molar-refractivity contribution in [2.45, 2.75) is 32.0 Å². The van der Waals surface area contributed by atoms with Crippen LogP contribution in [0.4, 0.5) is 0 Å². The van der Waals surface area contributed by atoms with Gasteiger partial charge in [0.2, 0.25) is 0 Å². The van der Waals surface area contributed by atoms with Crippen LogP contribution < -0.4 is 16.4 Å². The van der Waals surface area contributed by atoms with Crippen LogP contribution in [0.3, 0.4) is 0 Å². The highest BCUT2D eigenvalue weighted by Crippen LogP contribution is 1.96. The SMILES string of the molecule is C=CCNC(C)C(N)C(C)NCC=C. The van der Waals surface area contributed by atoms with E-state index in [1.165, 1.54) is 0 Å². The molecule has 3 nitrogen and oxygen atoms in total. The fourth-order valence-electron chi connectivity index (χ4n) is 1.24. The van der Waals surface area contributed by atoms with Gasteiger partial charge in [0.1, 0.15) is 0 Å². The van der Waals surface area contributed by atoms with E-state index in [4.69, 9.17) is 5.73 Å². The van der Waals surface area contributed by atoms with Gasteiger partial charge >= 0.3 is 0 Å². The molecule has 0 aliphatic rings. The summed E-state index contributed by atoms with van der Waals surface area (Å²) in [6.07, 6.45) is 3.68. The molecule has 0 heterocycles. The maximum atomic E-state index is 6.05. The lowest BCUT2D eigenvalue weighted by Crippen LogP contribution is -2.54. The molecule has 0 radical (unpaired) electrons. The first-order valence-electron chi connectivity index (χ1n) is 5.07. The van der Waals surface area contributed by atoms with Crippen LogP contribution in [0.1, 0.15) is 13.8 Å². The molecule has 0 aromatic rings. The van der Waals surface area contributed by atoms with Crippen molar-refractivity contribution >= 4 is 0 Å². The molecule has 0 spiro atoms. The zero-order valence-corrected chi connectivity index (χ0v) is 9.29. The van der Waals surface area contributed by atoms with Crippen LogP contribution in [0.2, 0.25) is 0 Å². The average Bonchev–Trinajstić information content (AvgIpc) is 2.21. The fraction of sp³-hybridized carbons (Fsp3) is 0.636. The van der Waals surface area contributed by atoms with Crippen LogP contribution in [-0.4, -0.2) is 31.2 Å². The standard InChI is InChI=1S/C11H23N3/c1-5-7-13-9(3)11(12)10(4)14-8-6-2/h5-6,9-11,13-14H,1-2,7-8,12H2,3-4H3. The number of hydrogen-bond donors (Lipinski definition) is 3. The minimum atomic E-state index is 0.0925. The molecule has 0 bridgehead atoms. The summed E-state index contributed by atoms with van der Waals surface area (Å²) in [4.78, 5) is 0. The second-order valence-corrected chi connectivity index (χ2v) is 3.55. The fourth-order valence-corrected chi connectivity index (χ4v) is 1.24. The summed E-state index contributed by atoms with van der Waals surface area (Å²) in [5, 5.41) is 6.56. The number of nitrogens with two attached hydrogens (primary N) is 1. The van der Waals surface area contributed by atoms with E-state index in [0.29, 0.717) is 0 Å². The highest BCUT2D eigenvalue weighted by molar-refractivity contribution is 4.87. The zero-order valence-electron chi connectivity index (χ0n) is 9.29. The molecule has 2 unspecified atom stereocenters. The topological polar surface area (TPSA) is 50.1 Å². The van der Waals surface area contributed by atoms with Gasteiger partial charge in [-0.1, -0.05) is 12.2 Å². The molecule has 0 aliphatic carbocycles. The molecule has 4 N–H and O–H groups in total. The summed E-state index contributed by atoms with van der Waals surface area (Å²) in [6.45, 7) is 13.1.